The molecule has 7 nitrogen and oxygen atoms in total. The highest BCUT2D eigenvalue weighted by molar-refractivity contribution is 9.10. The number of nitrogens with one attached hydrogen (secondary N) is 1. The van der Waals surface area contributed by atoms with Crippen molar-refractivity contribution in [3.05, 3.63) is 92.4 Å². The fourth-order valence-electron chi connectivity index (χ4n) is 3.80. The van der Waals surface area contributed by atoms with Crippen molar-refractivity contribution in [3.63, 3.8) is 0 Å². The molecular weight excluding hydrogens is 625 g/mol. The molecule has 0 aliphatic rings. The number of rotatable bonds is 11. The Morgan fingerprint density at radius 2 is 1.64 bits per heavy atom. The number of carbonyl (C=O) groups excluding carboxylic acids is 2. The quantitative estimate of drug-likeness (QED) is 0.267. The Kier molecular flexibility index (Phi) is 10.8. The standard InChI is InChI=1S/C28H30BrCl2N3O4S/c1-4-16-32-28(36)20(3)33(17-21-10-12-22(29)13-11-21)26(35)18-34(25-7-5-6-24(30)27(25)31)39(37,38)23-14-8-19(2)9-15-23/h5-15,20H,4,16-18H2,1-3H3,(H,32,36)/t20-/m1/s1. The second kappa shape index (κ2) is 13.7. The monoisotopic (exact) mass is 653 g/mol. The van der Waals surface area contributed by atoms with Crippen molar-refractivity contribution in [2.75, 3.05) is 17.4 Å². The van der Waals surface area contributed by atoms with Gasteiger partial charge in [0.2, 0.25) is 11.8 Å². The summed E-state index contributed by atoms with van der Waals surface area (Å²) in [6.45, 7) is 5.34. The minimum Gasteiger partial charge on any atom is -0.354 e. The van der Waals surface area contributed by atoms with Gasteiger partial charge in [-0.2, -0.15) is 0 Å². The summed E-state index contributed by atoms with van der Waals surface area (Å²) in [5.74, 6) is -0.917. The molecule has 0 bridgehead atoms. The van der Waals surface area contributed by atoms with Gasteiger partial charge in [-0.05, 0) is 62.2 Å². The van der Waals surface area contributed by atoms with E-state index < -0.39 is 28.5 Å². The van der Waals surface area contributed by atoms with Crippen LogP contribution in [0.5, 0.6) is 0 Å². The van der Waals surface area contributed by atoms with Crippen LogP contribution in [0, 0.1) is 6.92 Å². The van der Waals surface area contributed by atoms with Crippen molar-refractivity contribution in [3.8, 4) is 0 Å². The van der Waals surface area contributed by atoms with Gasteiger partial charge < -0.3 is 10.2 Å². The molecule has 0 spiro atoms. The van der Waals surface area contributed by atoms with Crippen molar-refractivity contribution < 1.29 is 18.0 Å². The maximum Gasteiger partial charge on any atom is 0.264 e. The molecule has 3 aromatic rings. The van der Waals surface area contributed by atoms with Crippen molar-refractivity contribution >= 4 is 66.7 Å². The number of aryl methyl sites for hydroxylation is 1. The minimum atomic E-state index is -4.24. The van der Waals surface area contributed by atoms with Crippen LogP contribution in [0.1, 0.15) is 31.4 Å². The van der Waals surface area contributed by atoms with Gasteiger partial charge in [-0.15, -0.1) is 0 Å². The first-order chi connectivity index (χ1) is 18.4. The van der Waals surface area contributed by atoms with Crippen LogP contribution in [0.4, 0.5) is 5.69 Å². The van der Waals surface area contributed by atoms with Crippen LogP contribution >= 0.6 is 39.1 Å². The lowest BCUT2D eigenvalue weighted by molar-refractivity contribution is -0.139. The number of carbonyl (C=O) groups is 2. The average Bonchev–Trinajstić information content (AvgIpc) is 2.91. The highest BCUT2D eigenvalue weighted by Crippen LogP contribution is 2.35. The van der Waals surface area contributed by atoms with Crippen LogP contribution in [-0.2, 0) is 26.2 Å². The van der Waals surface area contributed by atoms with Crippen molar-refractivity contribution in [1.29, 1.82) is 0 Å². The second-order valence-electron chi connectivity index (χ2n) is 9.01. The summed E-state index contributed by atoms with van der Waals surface area (Å²) in [5.41, 5.74) is 1.71. The minimum absolute atomic E-state index is 0.00384. The van der Waals surface area contributed by atoms with Crippen LogP contribution in [0.3, 0.4) is 0 Å². The number of hydrogen-bond acceptors (Lipinski definition) is 4. The van der Waals surface area contributed by atoms with Gasteiger partial charge >= 0.3 is 0 Å². The smallest absolute Gasteiger partial charge is 0.264 e. The van der Waals surface area contributed by atoms with E-state index in [1.165, 1.54) is 29.2 Å². The molecule has 0 heterocycles. The molecule has 208 valence electrons. The van der Waals surface area contributed by atoms with E-state index >= 15 is 0 Å². The topological polar surface area (TPSA) is 86.8 Å². The Morgan fingerprint density at radius 3 is 2.26 bits per heavy atom. The third-order valence-corrected chi connectivity index (χ3v) is 9.18. The molecular formula is C28H30BrCl2N3O4S. The second-order valence-corrected chi connectivity index (χ2v) is 12.6. The van der Waals surface area contributed by atoms with E-state index in [1.807, 2.05) is 38.1 Å². The van der Waals surface area contributed by atoms with E-state index in [4.69, 9.17) is 23.2 Å². The molecule has 39 heavy (non-hydrogen) atoms. The number of anilines is 1. The summed E-state index contributed by atoms with van der Waals surface area (Å²) in [6.07, 6.45) is 0.731. The first-order valence-electron chi connectivity index (χ1n) is 12.3. The highest BCUT2D eigenvalue weighted by Gasteiger charge is 2.33. The molecule has 2 amide bonds. The van der Waals surface area contributed by atoms with Crippen LogP contribution in [-0.4, -0.2) is 44.3 Å². The van der Waals surface area contributed by atoms with Gasteiger partial charge in [0.25, 0.3) is 10.0 Å². The Balaban J connectivity index is 2.05. The van der Waals surface area contributed by atoms with Gasteiger partial charge in [-0.25, -0.2) is 8.42 Å². The summed E-state index contributed by atoms with van der Waals surface area (Å²) in [5, 5.41) is 2.95. The molecule has 3 rings (SSSR count). The first-order valence-corrected chi connectivity index (χ1v) is 15.3. The number of sulfonamides is 1. The molecule has 1 atom stereocenters. The molecule has 0 saturated heterocycles. The maximum absolute atomic E-state index is 13.9. The van der Waals surface area contributed by atoms with Gasteiger partial charge in [0.15, 0.2) is 0 Å². The van der Waals surface area contributed by atoms with Crippen LogP contribution in [0.25, 0.3) is 0 Å². The Labute approximate surface area is 248 Å². The molecule has 0 aliphatic heterocycles. The Morgan fingerprint density at radius 1 is 1.00 bits per heavy atom. The fourth-order valence-corrected chi connectivity index (χ4v) is 5.94. The molecule has 1 N–H and O–H groups in total. The third kappa shape index (κ3) is 7.75. The summed E-state index contributed by atoms with van der Waals surface area (Å²) in [7, 11) is -4.24. The molecule has 0 fully saturated rings. The predicted octanol–water partition coefficient (Wildman–Crippen LogP) is 6.20. The Hall–Kier alpha value is -2.59. The third-order valence-electron chi connectivity index (χ3n) is 6.07. The van der Waals surface area contributed by atoms with Gasteiger partial charge in [0.1, 0.15) is 12.6 Å². The van der Waals surface area contributed by atoms with E-state index in [0.29, 0.717) is 6.54 Å². The molecule has 0 saturated carbocycles. The molecule has 11 heteroatoms. The summed E-state index contributed by atoms with van der Waals surface area (Å²) < 4.78 is 29.6. The number of hydrogen-bond donors (Lipinski definition) is 1. The number of benzene rings is 3. The maximum atomic E-state index is 13.9. The molecule has 0 unspecified atom stereocenters. The normalized spacial score (nSPS) is 12.1. The van der Waals surface area contributed by atoms with Crippen molar-refractivity contribution in [2.24, 2.45) is 0 Å². The lowest BCUT2D eigenvalue weighted by atomic mass is 10.1. The van der Waals surface area contributed by atoms with Crippen LogP contribution in [0.15, 0.2) is 76.1 Å². The zero-order valence-corrected chi connectivity index (χ0v) is 25.7. The zero-order valence-electron chi connectivity index (χ0n) is 21.8. The molecule has 0 radical (unpaired) electrons. The average molecular weight is 655 g/mol. The SMILES string of the molecule is CCCNC(=O)[C@@H](C)N(Cc1ccc(Br)cc1)C(=O)CN(c1cccc(Cl)c1Cl)S(=O)(=O)c1ccc(C)cc1. The van der Waals surface area contributed by atoms with Gasteiger partial charge in [0.05, 0.1) is 20.6 Å². The zero-order chi connectivity index (χ0) is 28.7. The van der Waals surface area contributed by atoms with E-state index in [0.717, 1.165) is 26.3 Å². The summed E-state index contributed by atoms with van der Waals surface area (Å²) >= 11 is 16.1. The van der Waals surface area contributed by atoms with Crippen molar-refractivity contribution in [1.82, 2.24) is 10.2 Å². The summed E-state index contributed by atoms with van der Waals surface area (Å²) in [4.78, 5) is 28.2. The molecule has 3 aromatic carbocycles. The number of amides is 2. The van der Waals surface area contributed by atoms with Gasteiger partial charge in [0, 0.05) is 17.6 Å². The molecule has 0 aromatic heterocycles. The van der Waals surface area contributed by atoms with Gasteiger partial charge in [-0.1, -0.05) is 82.0 Å². The van der Waals surface area contributed by atoms with E-state index in [1.54, 1.807) is 25.1 Å². The van der Waals surface area contributed by atoms with Crippen LogP contribution in [0.2, 0.25) is 10.0 Å². The first kappa shape index (κ1) is 30.9. The lowest BCUT2D eigenvalue weighted by Crippen LogP contribution is -2.51. The summed E-state index contributed by atoms with van der Waals surface area (Å²) in [6, 6.07) is 17.3. The Bertz CT molecular complexity index is 1420. The van der Waals surface area contributed by atoms with Crippen molar-refractivity contribution in [2.45, 2.75) is 44.7 Å². The highest BCUT2D eigenvalue weighted by atomic mass is 79.9. The van der Waals surface area contributed by atoms with Gasteiger partial charge in [-0.3, -0.25) is 13.9 Å². The predicted molar refractivity (Wildman–Crippen MR) is 160 cm³/mol. The number of nitrogens with zero attached hydrogens (tertiary/aromatic N) is 2. The lowest BCUT2D eigenvalue weighted by Gasteiger charge is -2.32. The van der Waals surface area contributed by atoms with Crippen LogP contribution < -0.4 is 9.62 Å². The number of halogens is 3. The van der Waals surface area contributed by atoms with E-state index in [2.05, 4.69) is 21.2 Å². The fraction of sp³-hybridized carbons (Fsp3) is 0.286. The van der Waals surface area contributed by atoms with E-state index in [9.17, 15) is 18.0 Å². The largest absolute Gasteiger partial charge is 0.354 e. The molecule has 0 aliphatic carbocycles. The van der Waals surface area contributed by atoms with E-state index in [-0.39, 0.29) is 33.1 Å².